The van der Waals surface area contributed by atoms with Crippen LogP contribution in [0.15, 0.2) is 18.7 Å². The molecule has 1 aromatic rings. The molecule has 106 valence electrons. The number of unbranched alkanes of at least 4 members (excludes halogenated alkanes) is 1. The zero-order chi connectivity index (χ0) is 13.6. The van der Waals surface area contributed by atoms with Crippen molar-refractivity contribution in [3.8, 4) is 0 Å². The van der Waals surface area contributed by atoms with Crippen molar-refractivity contribution in [2.45, 2.75) is 25.8 Å². The lowest BCUT2D eigenvalue weighted by atomic mass is 10.2. The van der Waals surface area contributed by atoms with Crippen molar-refractivity contribution in [1.82, 2.24) is 9.55 Å². The lowest BCUT2D eigenvalue weighted by Crippen LogP contribution is -2.53. The number of aryl methyl sites for hydroxylation is 1. The van der Waals surface area contributed by atoms with E-state index in [9.17, 15) is 9.35 Å². The summed E-state index contributed by atoms with van der Waals surface area (Å²) in [5.41, 5.74) is 0. The molecule has 1 aliphatic heterocycles. The second kappa shape index (κ2) is 7.04. The van der Waals surface area contributed by atoms with Gasteiger partial charge in [-0.25, -0.2) is 9.78 Å². The molecular weight excluding hydrogens is 266 g/mol. The van der Waals surface area contributed by atoms with Crippen molar-refractivity contribution in [2.24, 2.45) is 0 Å². The van der Waals surface area contributed by atoms with Crippen molar-refractivity contribution in [3.63, 3.8) is 0 Å². The molecule has 0 aliphatic carbocycles. The normalized spacial score (nSPS) is 18.4. The highest BCUT2D eigenvalue weighted by atomic mass is 32.2. The van der Waals surface area contributed by atoms with Crippen molar-refractivity contribution < 1.29 is 18.0 Å². The number of amides is 1. The number of hydrogen-bond donors (Lipinski definition) is 1. The number of carbonyl (C=O) groups is 1. The number of ether oxygens (including phenoxy) is 1. The van der Waals surface area contributed by atoms with Crippen LogP contribution in [0.3, 0.4) is 0 Å². The van der Waals surface area contributed by atoms with Crippen LogP contribution in [-0.4, -0.2) is 50.2 Å². The molecule has 1 aliphatic rings. The minimum Gasteiger partial charge on any atom is -0.370 e. The largest absolute Gasteiger partial charge is 0.370 e. The van der Waals surface area contributed by atoms with Gasteiger partial charge in [-0.1, -0.05) is 0 Å². The Labute approximate surface area is 117 Å². The molecule has 1 saturated heterocycles. The minimum atomic E-state index is 0.0884. The second-order valence-electron chi connectivity index (χ2n) is 4.68. The molecule has 2 rings (SSSR count). The summed E-state index contributed by atoms with van der Waals surface area (Å²) in [5, 5.41) is 0. The number of rotatable bonds is 6. The number of quaternary nitrogens is 1. The molecular formula is C12H20N3O3S+. The first kappa shape index (κ1) is 14.5. The zero-order valence-corrected chi connectivity index (χ0v) is 11.7. The number of carbonyl (C=O) groups excluding carboxylic acids is 1. The van der Waals surface area contributed by atoms with Crippen LogP contribution in [0.25, 0.3) is 0 Å². The predicted octanol–water partition coefficient (Wildman–Crippen LogP) is 1.55. The Balaban J connectivity index is 1.73. The Kier molecular flexibility index (Phi) is 5.38. The Morgan fingerprint density at radius 1 is 1.42 bits per heavy atom. The third-order valence-electron chi connectivity index (χ3n) is 3.42. The smallest absolute Gasteiger partial charge is 0.327 e. The van der Waals surface area contributed by atoms with E-state index in [-0.39, 0.29) is 9.80 Å². The van der Waals surface area contributed by atoms with E-state index in [1.807, 2.05) is 10.8 Å². The summed E-state index contributed by atoms with van der Waals surface area (Å²) in [4.78, 5) is 16.2. The lowest BCUT2D eigenvalue weighted by molar-refractivity contribution is -0.733. The van der Waals surface area contributed by atoms with E-state index in [1.54, 1.807) is 12.5 Å². The van der Waals surface area contributed by atoms with Gasteiger partial charge in [0.25, 0.3) is 12.2 Å². The summed E-state index contributed by atoms with van der Waals surface area (Å²) in [6, 6.07) is 0. The van der Waals surface area contributed by atoms with Crippen LogP contribution in [-0.2, 0) is 16.1 Å². The van der Waals surface area contributed by atoms with Gasteiger partial charge in [0.05, 0.1) is 26.0 Å². The van der Waals surface area contributed by atoms with Gasteiger partial charge in [0.2, 0.25) is 0 Å². The first-order valence-electron chi connectivity index (χ1n) is 6.54. The highest BCUT2D eigenvalue weighted by molar-refractivity contribution is 7.88. The lowest BCUT2D eigenvalue weighted by Gasteiger charge is -2.33. The fourth-order valence-electron chi connectivity index (χ4n) is 2.21. The summed E-state index contributed by atoms with van der Waals surface area (Å²) in [6.45, 7) is 3.06. The van der Waals surface area contributed by atoms with Crippen LogP contribution in [0.2, 0.25) is 0 Å². The van der Waals surface area contributed by atoms with Crippen LogP contribution < -0.4 is 0 Å². The maximum absolute atomic E-state index is 12.2. The second-order valence-corrected chi connectivity index (χ2v) is 5.54. The Morgan fingerprint density at radius 2 is 2.21 bits per heavy atom. The van der Waals surface area contributed by atoms with Gasteiger partial charge in [0.1, 0.15) is 13.1 Å². The van der Waals surface area contributed by atoms with Gasteiger partial charge in [-0.15, -0.1) is 0 Å². The van der Waals surface area contributed by atoms with E-state index in [0.29, 0.717) is 45.0 Å². The molecule has 6 nitrogen and oxygen atoms in total. The monoisotopic (exact) mass is 286 g/mol. The molecule has 0 atom stereocenters. The molecule has 19 heavy (non-hydrogen) atoms. The molecule has 0 spiro atoms. The van der Waals surface area contributed by atoms with Crippen LogP contribution >= 0.6 is 12.2 Å². The fourth-order valence-corrected chi connectivity index (χ4v) is 2.70. The molecule has 0 saturated carbocycles. The Hall–Kier alpha value is -0.890. The van der Waals surface area contributed by atoms with Gasteiger partial charge < -0.3 is 9.30 Å². The van der Waals surface area contributed by atoms with Crippen molar-refractivity contribution in [2.75, 3.05) is 26.3 Å². The van der Waals surface area contributed by atoms with E-state index >= 15 is 0 Å². The molecule has 1 N–H and O–H groups in total. The van der Waals surface area contributed by atoms with E-state index in [1.165, 1.54) is 0 Å². The van der Waals surface area contributed by atoms with Gasteiger partial charge in [-0.05, 0) is 12.8 Å². The summed E-state index contributed by atoms with van der Waals surface area (Å²) in [6.07, 6.45) is 7.72. The Bertz CT molecular complexity index is 391. The van der Waals surface area contributed by atoms with Gasteiger partial charge in [-0.2, -0.15) is 3.89 Å². The van der Waals surface area contributed by atoms with Crippen LogP contribution in [0.4, 0.5) is 0 Å². The van der Waals surface area contributed by atoms with Gasteiger partial charge in [-0.3, -0.25) is 4.55 Å². The maximum atomic E-state index is 12.2. The van der Waals surface area contributed by atoms with Crippen molar-refractivity contribution in [3.05, 3.63) is 18.7 Å². The van der Waals surface area contributed by atoms with Gasteiger partial charge in [0, 0.05) is 18.9 Å². The molecule has 1 fully saturated rings. The molecule has 1 amide bonds. The molecule has 0 radical (unpaired) electrons. The maximum Gasteiger partial charge on any atom is 0.327 e. The SMILES string of the molecule is O=C(CCCCn1ccnc1)[N+]1(SO)CCOCC1. The molecule has 0 bridgehead atoms. The zero-order valence-electron chi connectivity index (χ0n) is 10.9. The first-order chi connectivity index (χ1) is 9.27. The number of nitrogens with zero attached hydrogens (tertiary/aromatic N) is 3. The van der Waals surface area contributed by atoms with E-state index in [4.69, 9.17) is 4.74 Å². The van der Waals surface area contributed by atoms with Crippen LogP contribution in [0, 0.1) is 0 Å². The topological polar surface area (TPSA) is 64.4 Å². The van der Waals surface area contributed by atoms with Crippen LogP contribution in [0.5, 0.6) is 0 Å². The molecule has 7 heteroatoms. The molecule has 0 aromatic carbocycles. The highest BCUT2D eigenvalue weighted by Crippen LogP contribution is 2.25. The average molecular weight is 286 g/mol. The fraction of sp³-hybridized carbons (Fsp3) is 0.667. The predicted molar refractivity (Wildman–Crippen MR) is 72.1 cm³/mol. The van der Waals surface area contributed by atoms with Gasteiger partial charge in [0.15, 0.2) is 0 Å². The standard InChI is InChI=1S/C12H19N3O3S/c16-12(15(19-17)7-9-18-10-8-15)3-1-2-5-14-6-4-13-11-14/h4,6,11H,1-3,5,7-10H2/p+1. The van der Waals surface area contributed by atoms with Crippen molar-refractivity contribution in [1.29, 1.82) is 0 Å². The average Bonchev–Trinajstić information content (AvgIpc) is 2.97. The summed E-state index contributed by atoms with van der Waals surface area (Å²) in [7, 11) is 0. The van der Waals surface area contributed by atoms with E-state index in [0.717, 1.165) is 19.4 Å². The van der Waals surface area contributed by atoms with Crippen molar-refractivity contribution >= 4 is 18.1 Å². The quantitative estimate of drug-likeness (QED) is 0.372. The van der Waals surface area contributed by atoms with E-state index in [2.05, 4.69) is 4.98 Å². The number of morpholine rings is 1. The summed E-state index contributed by atoms with van der Waals surface area (Å²) in [5.74, 6) is 0.0985. The third kappa shape index (κ3) is 3.79. The Morgan fingerprint density at radius 3 is 2.84 bits per heavy atom. The summed E-state index contributed by atoms with van der Waals surface area (Å²) >= 11 is 0.650. The molecule has 1 aromatic heterocycles. The number of hydrogen-bond acceptors (Lipinski definition) is 5. The highest BCUT2D eigenvalue weighted by Gasteiger charge is 2.40. The summed E-state index contributed by atoms with van der Waals surface area (Å²) < 4.78 is 16.8. The van der Waals surface area contributed by atoms with Gasteiger partial charge >= 0.3 is 5.91 Å². The minimum absolute atomic E-state index is 0.0884. The molecule has 2 heterocycles. The molecule has 0 unspecified atom stereocenters. The first-order valence-corrected chi connectivity index (χ1v) is 7.27. The number of imidazole rings is 1. The van der Waals surface area contributed by atoms with Crippen LogP contribution in [0.1, 0.15) is 19.3 Å². The third-order valence-corrected chi connectivity index (χ3v) is 4.30. The van der Waals surface area contributed by atoms with E-state index < -0.39 is 0 Å². The number of aromatic nitrogens is 2.